The van der Waals surface area contributed by atoms with E-state index in [-0.39, 0.29) is 23.4 Å². The summed E-state index contributed by atoms with van der Waals surface area (Å²) in [6.07, 6.45) is -8.63. The molecule has 11 heteroatoms. The lowest BCUT2D eigenvalue weighted by atomic mass is 9.83. The quantitative estimate of drug-likeness (QED) is 0.262. The number of hydrogen-bond donors (Lipinski definition) is 6. The number of carbonyl (C=O) groups is 2. The highest BCUT2D eigenvalue weighted by Gasteiger charge is 2.38. The highest BCUT2D eigenvalue weighted by atomic mass is 19.2. The molecule has 1 aliphatic heterocycles. The zero-order chi connectivity index (χ0) is 22.6. The van der Waals surface area contributed by atoms with Crippen LogP contribution in [0, 0.1) is 17.6 Å². The molecular weight excluding hydrogens is 408 g/mol. The lowest BCUT2D eigenvalue weighted by Crippen LogP contribution is -2.48. The van der Waals surface area contributed by atoms with Crippen LogP contribution in [0.1, 0.15) is 18.4 Å². The normalized spacial score (nSPS) is 18.8. The van der Waals surface area contributed by atoms with Crippen LogP contribution in [0.2, 0.25) is 0 Å². The van der Waals surface area contributed by atoms with E-state index in [1.165, 1.54) is 0 Å². The maximum absolute atomic E-state index is 13.5. The van der Waals surface area contributed by atoms with Gasteiger partial charge in [-0.1, -0.05) is 0 Å². The van der Waals surface area contributed by atoms with Crippen LogP contribution < -0.4 is 0 Å². The molecule has 1 aliphatic rings. The number of aliphatic imine (C=N–C) groups is 1. The molecule has 0 bridgehead atoms. The minimum atomic E-state index is -1.93. The number of fused-ring (bicyclic) bond motifs is 1. The smallest absolute Gasteiger partial charge is 0.181 e. The van der Waals surface area contributed by atoms with E-state index in [4.69, 9.17) is 10.2 Å². The van der Waals surface area contributed by atoms with Crippen LogP contribution in [0.25, 0.3) is 0 Å². The summed E-state index contributed by atoms with van der Waals surface area (Å²) < 4.78 is 26.8. The fourth-order valence-corrected chi connectivity index (χ4v) is 3.22. The first-order valence-electron chi connectivity index (χ1n) is 9.13. The fourth-order valence-electron chi connectivity index (χ4n) is 3.22. The van der Waals surface area contributed by atoms with Crippen molar-refractivity contribution in [3.63, 3.8) is 0 Å². The van der Waals surface area contributed by atoms with Crippen LogP contribution in [-0.4, -0.2) is 85.5 Å². The largest absolute Gasteiger partial charge is 0.394 e. The van der Waals surface area contributed by atoms with E-state index in [2.05, 4.69) is 4.99 Å². The third kappa shape index (κ3) is 5.50. The Morgan fingerprint density at radius 3 is 2.27 bits per heavy atom. The average molecular weight is 431 g/mol. The number of ketones is 2. The maximum atomic E-state index is 13.5. The van der Waals surface area contributed by atoms with Crippen molar-refractivity contribution in [3.05, 3.63) is 29.3 Å². The van der Waals surface area contributed by atoms with Crippen molar-refractivity contribution in [2.75, 3.05) is 13.2 Å². The summed E-state index contributed by atoms with van der Waals surface area (Å²) in [5.74, 6) is -5.12. The van der Waals surface area contributed by atoms with Gasteiger partial charge >= 0.3 is 0 Å². The Morgan fingerprint density at radius 2 is 1.67 bits per heavy atom. The number of aliphatic hydroxyl groups is 6. The molecule has 9 nitrogen and oxygen atoms in total. The molecule has 166 valence electrons. The molecule has 0 saturated carbocycles. The Morgan fingerprint density at radius 1 is 1.03 bits per heavy atom. The van der Waals surface area contributed by atoms with Crippen molar-refractivity contribution in [1.82, 2.24) is 0 Å². The number of rotatable bonds is 10. The Bertz CT molecular complexity index is 831. The second kappa shape index (κ2) is 10.2. The molecule has 30 heavy (non-hydrogen) atoms. The number of hydrogen-bond acceptors (Lipinski definition) is 9. The lowest BCUT2D eigenvalue weighted by Gasteiger charge is -2.32. The van der Waals surface area contributed by atoms with Crippen molar-refractivity contribution < 1.29 is 49.0 Å². The van der Waals surface area contributed by atoms with E-state index < -0.39 is 79.6 Å². The number of Topliss-reactive ketones (excluding diaryl/α,β-unsaturated/α-hetero) is 2. The van der Waals surface area contributed by atoms with Crippen molar-refractivity contribution >= 4 is 23.0 Å². The molecule has 0 amide bonds. The molecule has 0 radical (unpaired) electrons. The molecule has 0 aliphatic carbocycles. The van der Waals surface area contributed by atoms with Gasteiger partial charge in [-0.15, -0.1) is 0 Å². The van der Waals surface area contributed by atoms with Gasteiger partial charge in [0.2, 0.25) is 0 Å². The van der Waals surface area contributed by atoms with Gasteiger partial charge in [0.05, 0.1) is 30.2 Å². The molecule has 0 fully saturated rings. The van der Waals surface area contributed by atoms with E-state index in [0.29, 0.717) is 0 Å². The van der Waals surface area contributed by atoms with Crippen LogP contribution in [-0.2, 0) is 16.0 Å². The summed E-state index contributed by atoms with van der Waals surface area (Å²) in [6.45, 7) is -1.81. The highest BCUT2D eigenvalue weighted by molar-refractivity contribution is 6.41. The molecule has 1 aromatic carbocycles. The van der Waals surface area contributed by atoms with Gasteiger partial charge in [-0.3, -0.25) is 9.59 Å². The number of carbonyl (C=O) groups excluding carboxylic acids is 2. The second-order valence-corrected chi connectivity index (χ2v) is 7.12. The van der Waals surface area contributed by atoms with Gasteiger partial charge in [0, 0.05) is 31.2 Å². The third-order valence-corrected chi connectivity index (χ3v) is 4.96. The molecule has 1 heterocycles. The maximum Gasteiger partial charge on any atom is 0.181 e. The van der Waals surface area contributed by atoms with Crippen LogP contribution in [0.4, 0.5) is 14.5 Å². The first kappa shape index (κ1) is 24.1. The Balaban J connectivity index is 2.27. The minimum Gasteiger partial charge on any atom is -0.394 e. The summed E-state index contributed by atoms with van der Waals surface area (Å²) >= 11 is 0. The number of benzene rings is 1. The van der Waals surface area contributed by atoms with Crippen LogP contribution in [0.15, 0.2) is 17.1 Å². The zero-order valence-electron chi connectivity index (χ0n) is 15.8. The van der Waals surface area contributed by atoms with E-state index in [1.807, 2.05) is 0 Å². The Kier molecular flexibility index (Phi) is 8.24. The molecular formula is C19H23F2NO8. The molecule has 0 aromatic heterocycles. The molecule has 0 saturated heterocycles. The van der Waals surface area contributed by atoms with Gasteiger partial charge in [0.1, 0.15) is 18.8 Å². The predicted octanol–water partition coefficient (Wildman–Crippen LogP) is -1.44. The third-order valence-electron chi connectivity index (χ3n) is 4.96. The standard InChI is InChI=1S/C19H23F2NO8/c20-11-1-8-2-16(27)14(22-13(8)4-12(11)21)5-15(26)10(3-9(25)6-23)18(29)19(30)17(28)7-24/h1,4,10,15,17-19,23-24,26,28-30H,2-3,5-7H2/t10-,15-,17-,18?,19-/m1/s1. The summed E-state index contributed by atoms with van der Waals surface area (Å²) in [6, 6.07) is 1.64. The molecule has 2 rings (SSSR count). The van der Waals surface area contributed by atoms with Gasteiger partial charge in [-0.25, -0.2) is 13.8 Å². The monoisotopic (exact) mass is 431 g/mol. The van der Waals surface area contributed by atoms with Crippen molar-refractivity contribution in [3.8, 4) is 0 Å². The molecule has 0 spiro atoms. The number of aliphatic hydroxyl groups excluding tert-OH is 6. The van der Waals surface area contributed by atoms with E-state index in [1.54, 1.807) is 0 Å². The summed E-state index contributed by atoms with van der Waals surface area (Å²) in [4.78, 5) is 27.9. The van der Waals surface area contributed by atoms with Gasteiger partial charge in [-0.2, -0.15) is 0 Å². The van der Waals surface area contributed by atoms with Crippen molar-refractivity contribution in [2.45, 2.75) is 43.7 Å². The number of nitrogens with zero attached hydrogens (tertiary/aromatic N) is 1. The summed E-state index contributed by atoms with van der Waals surface area (Å²) in [5.41, 5.74) is -0.0625. The molecule has 1 unspecified atom stereocenters. The van der Waals surface area contributed by atoms with Gasteiger partial charge in [0.15, 0.2) is 23.2 Å². The molecule has 5 atom stereocenters. The summed E-state index contributed by atoms with van der Waals surface area (Å²) in [5, 5.41) is 58.1. The van der Waals surface area contributed by atoms with E-state index in [9.17, 15) is 38.8 Å². The summed E-state index contributed by atoms with van der Waals surface area (Å²) in [7, 11) is 0. The second-order valence-electron chi connectivity index (χ2n) is 7.12. The van der Waals surface area contributed by atoms with Gasteiger partial charge in [-0.05, 0) is 11.6 Å². The predicted molar refractivity (Wildman–Crippen MR) is 98.1 cm³/mol. The van der Waals surface area contributed by atoms with Gasteiger partial charge < -0.3 is 30.6 Å². The average Bonchev–Trinajstić information content (AvgIpc) is 2.72. The van der Waals surface area contributed by atoms with E-state index in [0.717, 1.165) is 12.1 Å². The first-order valence-corrected chi connectivity index (χ1v) is 9.13. The Labute approximate surface area is 169 Å². The topological polar surface area (TPSA) is 168 Å². The minimum absolute atomic E-state index is 0.00466. The SMILES string of the molecule is O=C(CO)C[C@@H](C(O)[C@H](O)[C@H](O)CO)[C@H](O)CC1=Nc2cc(F)c(F)cc2CC1=O. The lowest BCUT2D eigenvalue weighted by molar-refractivity contribution is -0.133. The van der Waals surface area contributed by atoms with Crippen LogP contribution in [0.5, 0.6) is 0 Å². The van der Waals surface area contributed by atoms with Crippen molar-refractivity contribution in [1.29, 1.82) is 0 Å². The van der Waals surface area contributed by atoms with Crippen LogP contribution in [0.3, 0.4) is 0 Å². The highest BCUT2D eigenvalue weighted by Crippen LogP contribution is 2.29. The van der Waals surface area contributed by atoms with Gasteiger partial charge in [0.25, 0.3) is 0 Å². The van der Waals surface area contributed by atoms with Crippen molar-refractivity contribution in [2.24, 2.45) is 10.9 Å². The molecule has 6 N–H and O–H groups in total. The van der Waals surface area contributed by atoms with E-state index >= 15 is 0 Å². The fraction of sp³-hybridized carbons (Fsp3) is 0.526. The number of halogens is 2. The Hall–Kier alpha value is -2.15. The molecule has 1 aromatic rings. The van der Waals surface area contributed by atoms with Crippen LogP contribution >= 0.6 is 0 Å². The first-order chi connectivity index (χ1) is 14.1. The zero-order valence-corrected chi connectivity index (χ0v) is 15.8.